The van der Waals surface area contributed by atoms with Crippen molar-refractivity contribution in [3.05, 3.63) is 70.9 Å². The lowest BCUT2D eigenvalue weighted by molar-refractivity contribution is -0.147. The van der Waals surface area contributed by atoms with Gasteiger partial charge in [0, 0.05) is 73.1 Å². The molecule has 0 saturated carbocycles. The second kappa shape index (κ2) is 27.1. The molecule has 2 aliphatic rings. The minimum Gasteiger partial charge on any atom is -0.508 e. The average Bonchev–Trinajstić information content (AvgIpc) is 3.28. The molecule has 8 N–H and O–H groups in total. The molecule has 358 valence electrons. The van der Waals surface area contributed by atoms with Gasteiger partial charge in [-0.3, -0.25) is 33.6 Å². The summed E-state index contributed by atoms with van der Waals surface area (Å²) in [5, 5.41) is 42.7. The van der Waals surface area contributed by atoms with Crippen molar-refractivity contribution < 1.29 is 67.6 Å². The standard InChI is InChI=1S/C46H53N5O15S/c52-26-64-39(43(60)47-22-6-8-30(54)15-18-36(44(61)62)50-45(63)51-40(65-27-53)19-20-41(58)59)25-31(55)7-4-2-1-3-5-21-48-46(67)49-29-11-9-28(10-12-29)42-34-16-13-32(56)23-37(34)66-38-24-33(57)14-17-35(38)42/h9-14,16-17,23-24,26-27,36,39-40,56H,1-8,15,18-22,25H2,(H,47,60)(H,58,59)(H,61,62)(H2,48,49,67)(H2,50,51,63)/t36-,39-,40+/m0/s1. The Balaban J connectivity index is 1.07. The Labute approximate surface area is 389 Å². The van der Waals surface area contributed by atoms with Gasteiger partial charge in [-0.1, -0.05) is 31.4 Å². The van der Waals surface area contributed by atoms with Crippen LogP contribution in [0.3, 0.4) is 0 Å². The first kappa shape index (κ1) is 52.2. The van der Waals surface area contributed by atoms with E-state index < -0.39 is 48.7 Å². The number of carbonyl (C=O) groups excluding carboxylic acids is 6. The van der Waals surface area contributed by atoms with Gasteiger partial charge in [0.1, 0.15) is 34.7 Å². The molecular formula is C46H53N5O15S. The molecule has 0 saturated heterocycles. The monoisotopic (exact) mass is 947 g/mol. The molecule has 0 radical (unpaired) electrons. The van der Waals surface area contributed by atoms with Gasteiger partial charge in [0.2, 0.25) is 0 Å². The molecule has 0 unspecified atom stereocenters. The lowest BCUT2D eigenvalue weighted by atomic mass is 9.93. The quantitative estimate of drug-likeness (QED) is 0.0115. The lowest BCUT2D eigenvalue weighted by Gasteiger charge is -2.19. The van der Waals surface area contributed by atoms with Crippen LogP contribution in [-0.4, -0.2) is 100 Å². The van der Waals surface area contributed by atoms with Crippen LogP contribution >= 0.6 is 12.2 Å². The number of amides is 3. The number of carbonyl (C=O) groups is 8. The number of hydrogen-bond acceptors (Lipinski definition) is 14. The Morgan fingerprint density at radius 2 is 1.43 bits per heavy atom. The van der Waals surface area contributed by atoms with Crippen LogP contribution in [0.4, 0.5) is 10.5 Å². The van der Waals surface area contributed by atoms with E-state index in [9.17, 15) is 53.4 Å². The summed E-state index contributed by atoms with van der Waals surface area (Å²) >= 11 is 5.48. The van der Waals surface area contributed by atoms with E-state index in [1.54, 1.807) is 18.2 Å². The molecule has 2 aromatic rings. The summed E-state index contributed by atoms with van der Waals surface area (Å²) in [6.45, 7) is 0.708. The van der Waals surface area contributed by atoms with Crippen LogP contribution in [0.15, 0.2) is 69.9 Å². The number of ketones is 2. The molecule has 3 atom stereocenters. The molecule has 21 heteroatoms. The summed E-state index contributed by atoms with van der Waals surface area (Å²) in [6, 6.07) is 14.6. The Morgan fingerprint density at radius 1 is 0.731 bits per heavy atom. The summed E-state index contributed by atoms with van der Waals surface area (Å²) in [5.74, 6) is -3.52. The van der Waals surface area contributed by atoms with E-state index in [4.69, 9.17) is 26.5 Å². The number of thiocarbonyl (C=S) groups is 1. The minimum atomic E-state index is -1.49. The third kappa shape index (κ3) is 17.8. The molecule has 67 heavy (non-hydrogen) atoms. The van der Waals surface area contributed by atoms with E-state index in [0.717, 1.165) is 53.4 Å². The van der Waals surface area contributed by atoms with Crippen molar-refractivity contribution in [3.8, 4) is 28.2 Å². The highest BCUT2D eigenvalue weighted by Crippen LogP contribution is 2.40. The highest BCUT2D eigenvalue weighted by molar-refractivity contribution is 7.80. The van der Waals surface area contributed by atoms with Gasteiger partial charge in [0.15, 0.2) is 22.9 Å². The van der Waals surface area contributed by atoms with Crippen LogP contribution < -0.4 is 32.0 Å². The molecule has 0 bridgehead atoms. The second-order valence-corrected chi connectivity index (χ2v) is 15.8. The number of anilines is 1. The van der Waals surface area contributed by atoms with E-state index in [-0.39, 0.29) is 87.2 Å². The van der Waals surface area contributed by atoms with Gasteiger partial charge < -0.3 is 55.8 Å². The molecule has 4 rings (SSSR count). The van der Waals surface area contributed by atoms with Gasteiger partial charge in [0.05, 0.1) is 12.8 Å². The maximum atomic E-state index is 12.7. The zero-order chi connectivity index (χ0) is 48.7. The first-order valence-electron chi connectivity index (χ1n) is 21.5. The van der Waals surface area contributed by atoms with Crippen molar-refractivity contribution in [2.24, 2.45) is 0 Å². The summed E-state index contributed by atoms with van der Waals surface area (Å²) in [6.07, 6.45) is -0.0106. The van der Waals surface area contributed by atoms with Crippen LogP contribution in [0.5, 0.6) is 5.75 Å². The number of urea groups is 1. The van der Waals surface area contributed by atoms with Gasteiger partial charge in [-0.15, -0.1) is 0 Å². The van der Waals surface area contributed by atoms with Crippen molar-refractivity contribution in [2.75, 3.05) is 18.4 Å². The van der Waals surface area contributed by atoms with Crippen LogP contribution in [0.2, 0.25) is 0 Å². The lowest BCUT2D eigenvalue weighted by Crippen LogP contribution is -2.49. The maximum Gasteiger partial charge on any atom is 0.326 e. The third-order valence-corrected chi connectivity index (χ3v) is 10.6. The molecule has 3 amide bonds. The Morgan fingerprint density at radius 3 is 2.15 bits per heavy atom. The smallest absolute Gasteiger partial charge is 0.326 e. The first-order valence-corrected chi connectivity index (χ1v) is 21.9. The zero-order valence-electron chi connectivity index (χ0n) is 36.4. The highest BCUT2D eigenvalue weighted by atomic mass is 32.1. The number of unbranched alkanes of at least 4 members (excludes halogenated alkanes) is 4. The molecule has 1 aliphatic carbocycles. The number of aliphatic carboxylic acids is 2. The highest BCUT2D eigenvalue weighted by Gasteiger charge is 2.25. The number of carboxylic acids is 2. The Hall–Kier alpha value is -7.42. The number of hydrogen-bond donors (Lipinski definition) is 8. The van der Waals surface area contributed by atoms with Gasteiger partial charge in [-0.2, -0.15) is 0 Å². The molecule has 20 nitrogen and oxygen atoms in total. The van der Waals surface area contributed by atoms with E-state index in [1.807, 2.05) is 24.3 Å². The minimum absolute atomic E-state index is 0.000365. The maximum absolute atomic E-state index is 12.7. The van der Waals surface area contributed by atoms with Crippen LogP contribution in [0.25, 0.3) is 33.4 Å². The second-order valence-electron chi connectivity index (χ2n) is 15.4. The van der Waals surface area contributed by atoms with Gasteiger partial charge in [-0.25, -0.2) is 9.59 Å². The van der Waals surface area contributed by atoms with Crippen molar-refractivity contribution in [3.63, 3.8) is 0 Å². The van der Waals surface area contributed by atoms with E-state index in [0.29, 0.717) is 29.4 Å². The topological polar surface area (TPSA) is 306 Å². The van der Waals surface area contributed by atoms with Crippen LogP contribution in [0.1, 0.15) is 83.5 Å². The zero-order valence-corrected chi connectivity index (χ0v) is 37.2. The number of carboxylic acid groups (broad SMARTS) is 2. The molecule has 2 aromatic carbocycles. The number of phenolic OH excluding ortho intramolecular Hbond substituents is 1. The summed E-state index contributed by atoms with van der Waals surface area (Å²) in [7, 11) is 0. The molecule has 1 aliphatic heterocycles. The summed E-state index contributed by atoms with van der Waals surface area (Å²) in [5.41, 5.74) is 3.53. The molecule has 0 fully saturated rings. The van der Waals surface area contributed by atoms with Crippen LogP contribution in [0, 0.1) is 0 Å². The number of phenols is 1. The van der Waals surface area contributed by atoms with E-state index in [2.05, 4.69) is 31.3 Å². The van der Waals surface area contributed by atoms with Crippen molar-refractivity contribution in [2.45, 2.75) is 102 Å². The Bertz CT molecular complexity index is 2410. The number of Topliss-reactive ketones (excluding diaryl/α,β-unsaturated/α-hetero) is 2. The van der Waals surface area contributed by atoms with Crippen LogP contribution in [-0.2, 0) is 43.0 Å². The fourth-order valence-electron chi connectivity index (χ4n) is 6.96. The van der Waals surface area contributed by atoms with E-state index in [1.165, 1.54) is 18.2 Å². The normalized spacial score (nSPS) is 12.2. The predicted octanol–water partition coefficient (Wildman–Crippen LogP) is 4.76. The largest absolute Gasteiger partial charge is 0.508 e. The average molecular weight is 948 g/mol. The molecular weight excluding hydrogens is 895 g/mol. The fraction of sp³-hybridized carbons (Fsp3) is 0.391. The summed E-state index contributed by atoms with van der Waals surface area (Å²) < 4.78 is 15.4. The number of rotatable bonds is 30. The number of ether oxygens (including phenoxy) is 2. The predicted molar refractivity (Wildman–Crippen MR) is 246 cm³/mol. The van der Waals surface area contributed by atoms with Crippen molar-refractivity contribution in [1.29, 1.82) is 0 Å². The number of nitrogens with one attached hydrogen (secondary N) is 5. The van der Waals surface area contributed by atoms with Gasteiger partial charge in [-0.05, 0) is 79.9 Å². The third-order valence-electron chi connectivity index (χ3n) is 10.3. The molecule has 0 aromatic heterocycles. The fourth-order valence-corrected chi connectivity index (χ4v) is 7.18. The molecule has 0 spiro atoms. The molecule has 1 heterocycles. The van der Waals surface area contributed by atoms with Gasteiger partial charge >= 0.3 is 18.0 Å². The number of fused-ring (bicyclic) bond motifs is 2. The van der Waals surface area contributed by atoms with Crippen molar-refractivity contribution >= 4 is 82.4 Å². The van der Waals surface area contributed by atoms with Crippen molar-refractivity contribution in [1.82, 2.24) is 21.3 Å². The number of aromatic hydroxyl groups is 1. The first-order chi connectivity index (χ1) is 32.2. The summed E-state index contributed by atoms with van der Waals surface area (Å²) in [4.78, 5) is 106. The Kier molecular flexibility index (Phi) is 21.2. The number of benzene rings is 3. The SMILES string of the molecule is O=CO[C@H](CCC(=O)O)NC(=O)N[C@@H](CCC(=O)CCCNC(=O)[C@H](CC(=O)CCCCCCCNC(=S)Nc1ccc(-c2c3ccc(=O)cc-3oc3cc(O)ccc23)cc1)OC=O)C(=O)O. The van der Waals surface area contributed by atoms with E-state index >= 15 is 0 Å². The van der Waals surface area contributed by atoms with Gasteiger partial charge in [0.25, 0.3) is 18.9 Å².